The van der Waals surface area contributed by atoms with Gasteiger partial charge in [-0.3, -0.25) is 0 Å². The zero-order chi connectivity index (χ0) is 8.55. The number of hydrogen-bond donors (Lipinski definition) is 0. The lowest BCUT2D eigenvalue weighted by Gasteiger charge is -1.88. The van der Waals surface area contributed by atoms with Crippen molar-refractivity contribution >= 4 is 11.0 Å². The van der Waals surface area contributed by atoms with Crippen molar-refractivity contribution in [3.8, 4) is 6.07 Å². The molecule has 2 aromatic rings. The fraction of sp³-hybridized carbons (Fsp3) is 0.100. The minimum absolute atomic E-state index is 0.371. The van der Waals surface area contributed by atoms with Crippen molar-refractivity contribution in [3.63, 3.8) is 0 Å². The fourth-order valence-electron chi connectivity index (χ4n) is 1.22. The average molecular weight is 157 g/mol. The molecule has 0 bridgehead atoms. The summed E-state index contributed by atoms with van der Waals surface area (Å²) in [6, 6.07) is 9.57. The van der Waals surface area contributed by atoms with E-state index < -0.39 is 0 Å². The molecule has 2 rings (SSSR count). The van der Waals surface area contributed by atoms with Gasteiger partial charge in [0.2, 0.25) is 5.76 Å². The lowest BCUT2D eigenvalue weighted by Crippen LogP contribution is -1.67. The number of rotatable bonds is 0. The number of nitrogens with zero attached hydrogens (tertiary/aromatic N) is 1. The highest BCUT2D eigenvalue weighted by Crippen LogP contribution is 2.19. The van der Waals surface area contributed by atoms with Crippen LogP contribution in [0.3, 0.4) is 0 Å². The van der Waals surface area contributed by atoms with Crippen molar-refractivity contribution in [1.82, 2.24) is 0 Å². The van der Waals surface area contributed by atoms with Gasteiger partial charge in [-0.1, -0.05) is 11.6 Å². The number of aryl methyl sites for hydroxylation is 1. The Hall–Kier alpha value is -1.75. The van der Waals surface area contributed by atoms with Crippen LogP contribution in [0.5, 0.6) is 0 Å². The van der Waals surface area contributed by atoms with Gasteiger partial charge >= 0.3 is 0 Å². The molecule has 2 nitrogen and oxygen atoms in total. The van der Waals surface area contributed by atoms with Gasteiger partial charge in [-0.2, -0.15) is 5.26 Å². The minimum Gasteiger partial charge on any atom is -0.446 e. The number of hydrogen-bond acceptors (Lipinski definition) is 2. The van der Waals surface area contributed by atoms with Crippen LogP contribution in [0.15, 0.2) is 28.7 Å². The molecule has 0 fully saturated rings. The van der Waals surface area contributed by atoms with Gasteiger partial charge in [-0.15, -0.1) is 0 Å². The summed E-state index contributed by atoms with van der Waals surface area (Å²) in [5.74, 6) is 0.371. The summed E-state index contributed by atoms with van der Waals surface area (Å²) in [5, 5.41) is 9.56. The molecule has 0 aliphatic rings. The van der Waals surface area contributed by atoms with Crippen LogP contribution in [0.25, 0.3) is 11.0 Å². The van der Waals surface area contributed by atoms with E-state index in [2.05, 4.69) is 0 Å². The second-order valence-electron chi connectivity index (χ2n) is 2.76. The van der Waals surface area contributed by atoms with Gasteiger partial charge in [0.05, 0.1) is 0 Å². The van der Waals surface area contributed by atoms with Crippen molar-refractivity contribution in [1.29, 1.82) is 5.26 Å². The largest absolute Gasteiger partial charge is 0.446 e. The Bertz CT molecular complexity index is 462. The maximum absolute atomic E-state index is 8.56. The predicted octanol–water partition coefficient (Wildman–Crippen LogP) is 2.61. The lowest BCUT2D eigenvalue weighted by molar-refractivity contribution is 0.599. The van der Waals surface area contributed by atoms with Gasteiger partial charge < -0.3 is 4.42 Å². The molecule has 12 heavy (non-hydrogen) atoms. The van der Waals surface area contributed by atoms with Gasteiger partial charge in [-0.25, -0.2) is 0 Å². The Labute approximate surface area is 70.0 Å². The van der Waals surface area contributed by atoms with Crippen LogP contribution in [-0.4, -0.2) is 0 Å². The smallest absolute Gasteiger partial charge is 0.204 e. The zero-order valence-electron chi connectivity index (χ0n) is 6.66. The van der Waals surface area contributed by atoms with Crippen LogP contribution in [-0.2, 0) is 0 Å². The highest BCUT2D eigenvalue weighted by atomic mass is 16.3. The van der Waals surface area contributed by atoms with E-state index in [0.29, 0.717) is 5.76 Å². The molecule has 0 unspecified atom stereocenters. The minimum atomic E-state index is 0.371. The van der Waals surface area contributed by atoms with E-state index in [1.807, 2.05) is 31.2 Å². The summed E-state index contributed by atoms with van der Waals surface area (Å²) in [5.41, 5.74) is 1.95. The van der Waals surface area contributed by atoms with Crippen molar-refractivity contribution in [2.75, 3.05) is 0 Å². The zero-order valence-corrected chi connectivity index (χ0v) is 6.66. The van der Waals surface area contributed by atoms with E-state index in [0.717, 1.165) is 11.0 Å². The predicted molar refractivity (Wildman–Crippen MR) is 45.7 cm³/mol. The third-order valence-electron chi connectivity index (χ3n) is 1.78. The standard InChI is InChI=1S/C10H7NO/c1-7-2-3-10-8(4-7)5-9(6-11)12-10/h2-5H,1H3. The third-order valence-corrected chi connectivity index (χ3v) is 1.78. The quantitative estimate of drug-likeness (QED) is 0.589. The summed E-state index contributed by atoms with van der Waals surface area (Å²) in [7, 11) is 0. The van der Waals surface area contributed by atoms with E-state index in [1.165, 1.54) is 5.56 Å². The molecule has 1 aromatic heterocycles. The van der Waals surface area contributed by atoms with Crippen LogP contribution in [0.1, 0.15) is 11.3 Å². The number of furan rings is 1. The molecule has 0 saturated heterocycles. The SMILES string of the molecule is Cc1ccc2oc(C#N)cc2c1. The molecule has 0 radical (unpaired) electrons. The van der Waals surface area contributed by atoms with E-state index in [9.17, 15) is 0 Å². The van der Waals surface area contributed by atoms with Crippen molar-refractivity contribution in [2.24, 2.45) is 0 Å². The molecule has 58 valence electrons. The topological polar surface area (TPSA) is 36.9 Å². The van der Waals surface area contributed by atoms with Crippen LogP contribution >= 0.6 is 0 Å². The highest BCUT2D eigenvalue weighted by molar-refractivity contribution is 5.79. The Balaban J connectivity index is 2.77. The van der Waals surface area contributed by atoms with E-state index in [-0.39, 0.29) is 0 Å². The first kappa shape index (κ1) is 6.93. The molecule has 1 heterocycles. The molecule has 1 aromatic carbocycles. The molecular weight excluding hydrogens is 150 g/mol. The Morgan fingerprint density at radius 1 is 1.33 bits per heavy atom. The first-order chi connectivity index (χ1) is 5.79. The third kappa shape index (κ3) is 0.960. The monoisotopic (exact) mass is 157 g/mol. The molecule has 0 saturated carbocycles. The van der Waals surface area contributed by atoms with Gasteiger partial charge in [0.1, 0.15) is 11.7 Å². The van der Waals surface area contributed by atoms with E-state index in [1.54, 1.807) is 6.07 Å². The van der Waals surface area contributed by atoms with Crippen molar-refractivity contribution in [3.05, 3.63) is 35.6 Å². The number of benzene rings is 1. The molecule has 0 spiro atoms. The van der Waals surface area contributed by atoms with Gasteiger partial charge in [0.25, 0.3) is 0 Å². The molecule has 0 amide bonds. The molecule has 2 heteroatoms. The highest BCUT2D eigenvalue weighted by Gasteiger charge is 2.01. The van der Waals surface area contributed by atoms with Crippen LogP contribution < -0.4 is 0 Å². The molecule has 0 aliphatic heterocycles. The van der Waals surface area contributed by atoms with Crippen LogP contribution in [0.4, 0.5) is 0 Å². The summed E-state index contributed by atoms with van der Waals surface area (Å²) in [6.07, 6.45) is 0. The van der Waals surface area contributed by atoms with Crippen LogP contribution in [0.2, 0.25) is 0 Å². The summed E-state index contributed by atoms with van der Waals surface area (Å²) >= 11 is 0. The maximum Gasteiger partial charge on any atom is 0.204 e. The molecular formula is C10H7NO. The number of fused-ring (bicyclic) bond motifs is 1. The number of nitriles is 1. The summed E-state index contributed by atoms with van der Waals surface area (Å²) in [6.45, 7) is 2.01. The van der Waals surface area contributed by atoms with E-state index in [4.69, 9.17) is 9.68 Å². The van der Waals surface area contributed by atoms with Gasteiger partial charge in [0.15, 0.2) is 0 Å². The summed E-state index contributed by atoms with van der Waals surface area (Å²) in [4.78, 5) is 0. The Morgan fingerprint density at radius 2 is 2.17 bits per heavy atom. The second kappa shape index (κ2) is 2.38. The first-order valence-corrected chi connectivity index (χ1v) is 3.70. The van der Waals surface area contributed by atoms with Crippen molar-refractivity contribution in [2.45, 2.75) is 6.92 Å². The second-order valence-corrected chi connectivity index (χ2v) is 2.76. The van der Waals surface area contributed by atoms with Crippen LogP contribution in [0, 0.1) is 18.3 Å². The lowest BCUT2D eigenvalue weighted by atomic mass is 10.2. The van der Waals surface area contributed by atoms with Crippen molar-refractivity contribution < 1.29 is 4.42 Å². The summed E-state index contributed by atoms with van der Waals surface area (Å²) < 4.78 is 5.21. The van der Waals surface area contributed by atoms with E-state index >= 15 is 0 Å². The first-order valence-electron chi connectivity index (χ1n) is 3.70. The molecule has 0 atom stereocenters. The average Bonchev–Trinajstić information content (AvgIpc) is 2.46. The fourth-order valence-corrected chi connectivity index (χ4v) is 1.22. The Morgan fingerprint density at radius 3 is 2.92 bits per heavy atom. The maximum atomic E-state index is 8.56. The van der Waals surface area contributed by atoms with Gasteiger partial charge in [0, 0.05) is 11.5 Å². The normalized spacial score (nSPS) is 10.0. The Kier molecular flexibility index (Phi) is 1.38. The molecule has 0 aliphatic carbocycles. The molecule has 0 N–H and O–H groups in total. The van der Waals surface area contributed by atoms with Gasteiger partial charge in [-0.05, 0) is 19.1 Å².